The van der Waals surface area contributed by atoms with Crippen molar-refractivity contribution in [2.75, 3.05) is 13.1 Å². The maximum Gasteiger partial charge on any atom is 0.404 e. The van der Waals surface area contributed by atoms with Crippen molar-refractivity contribution in [3.8, 4) is 0 Å². The molecule has 1 saturated heterocycles. The molecule has 1 aliphatic heterocycles. The molecule has 6 heteroatoms. The predicted molar refractivity (Wildman–Crippen MR) is 106 cm³/mol. The molecule has 1 aliphatic rings. The average Bonchev–Trinajstić information content (AvgIpc) is 3.22. The topological polar surface area (TPSA) is 89.9 Å². The number of nitrogens with one attached hydrogen (secondary N) is 1. The van der Waals surface area contributed by atoms with Gasteiger partial charge in [-0.2, -0.15) is 0 Å². The Morgan fingerprint density at radius 3 is 2.14 bits per heavy atom. The first kappa shape index (κ1) is 19.9. The molecule has 1 heterocycles. The monoisotopic (exact) mass is 382 g/mol. The van der Waals surface area contributed by atoms with Crippen molar-refractivity contribution in [3.63, 3.8) is 0 Å². The zero-order valence-electron chi connectivity index (χ0n) is 15.8. The van der Waals surface area contributed by atoms with E-state index in [0.29, 0.717) is 19.4 Å². The van der Waals surface area contributed by atoms with Gasteiger partial charge in [0.1, 0.15) is 5.60 Å². The first-order chi connectivity index (χ1) is 13.5. The minimum Gasteiger partial charge on any atom is -0.465 e. The van der Waals surface area contributed by atoms with Crippen LogP contribution in [0.15, 0.2) is 60.7 Å². The Kier molecular flexibility index (Phi) is 6.31. The standard InChI is InChI=1S/C22H26N2O4/c25-20(14-7-15-23-21(26)27)24-16-8-13-19(24)22(28,17-9-3-1-4-10-17)18-11-5-2-6-12-18/h1-6,9-12,19,23,28H,7-8,13-16H2,(H,26,27). The third kappa shape index (κ3) is 4.17. The number of hydrogen-bond acceptors (Lipinski definition) is 3. The van der Waals surface area contributed by atoms with Gasteiger partial charge in [0.25, 0.3) is 0 Å². The van der Waals surface area contributed by atoms with E-state index in [9.17, 15) is 14.7 Å². The average molecular weight is 382 g/mol. The summed E-state index contributed by atoms with van der Waals surface area (Å²) in [6.07, 6.45) is 1.12. The van der Waals surface area contributed by atoms with Gasteiger partial charge in [-0.15, -0.1) is 0 Å². The number of aliphatic hydroxyl groups is 1. The molecule has 148 valence electrons. The molecule has 0 saturated carbocycles. The Labute approximate surface area is 164 Å². The van der Waals surface area contributed by atoms with Crippen LogP contribution in [-0.4, -0.2) is 46.2 Å². The third-order valence-corrected chi connectivity index (χ3v) is 5.33. The van der Waals surface area contributed by atoms with Gasteiger partial charge in [0.05, 0.1) is 6.04 Å². The lowest BCUT2D eigenvalue weighted by atomic mass is 9.79. The zero-order valence-corrected chi connectivity index (χ0v) is 15.8. The quantitative estimate of drug-likeness (QED) is 0.642. The molecule has 0 radical (unpaired) electrons. The smallest absolute Gasteiger partial charge is 0.404 e. The van der Waals surface area contributed by atoms with Crippen LogP contribution < -0.4 is 5.32 Å². The molecule has 1 unspecified atom stereocenters. The van der Waals surface area contributed by atoms with Crippen molar-refractivity contribution in [1.29, 1.82) is 0 Å². The highest BCUT2D eigenvalue weighted by atomic mass is 16.4. The van der Waals surface area contributed by atoms with Crippen LogP contribution in [0.2, 0.25) is 0 Å². The van der Waals surface area contributed by atoms with Crippen LogP contribution >= 0.6 is 0 Å². The molecular weight excluding hydrogens is 356 g/mol. The Morgan fingerprint density at radius 2 is 1.61 bits per heavy atom. The highest BCUT2D eigenvalue weighted by Gasteiger charge is 2.46. The molecular formula is C22H26N2O4. The number of carbonyl (C=O) groups excluding carboxylic acids is 1. The van der Waals surface area contributed by atoms with Gasteiger partial charge in [-0.25, -0.2) is 4.79 Å². The summed E-state index contributed by atoms with van der Waals surface area (Å²) in [7, 11) is 0. The summed E-state index contributed by atoms with van der Waals surface area (Å²) < 4.78 is 0. The second-order valence-electron chi connectivity index (χ2n) is 7.08. The van der Waals surface area contributed by atoms with Gasteiger partial charge in [0.2, 0.25) is 5.91 Å². The van der Waals surface area contributed by atoms with Crippen LogP contribution in [0.4, 0.5) is 4.79 Å². The second kappa shape index (κ2) is 8.89. The fourth-order valence-electron chi connectivity index (χ4n) is 4.01. The molecule has 0 bridgehead atoms. The van der Waals surface area contributed by atoms with Gasteiger partial charge in [-0.1, -0.05) is 60.7 Å². The molecule has 0 aliphatic carbocycles. The number of likely N-dealkylation sites (tertiary alicyclic amines) is 1. The van der Waals surface area contributed by atoms with Gasteiger partial charge >= 0.3 is 6.09 Å². The van der Waals surface area contributed by atoms with Crippen LogP contribution in [0.1, 0.15) is 36.8 Å². The van der Waals surface area contributed by atoms with Gasteiger partial charge in [-0.05, 0) is 30.4 Å². The van der Waals surface area contributed by atoms with E-state index in [1.165, 1.54) is 0 Å². The van der Waals surface area contributed by atoms with E-state index < -0.39 is 11.7 Å². The van der Waals surface area contributed by atoms with Gasteiger partial charge in [-0.3, -0.25) is 4.79 Å². The Balaban J connectivity index is 1.85. The summed E-state index contributed by atoms with van der Waals surface area (Å²) in [5.41, 5.74) is 0.227. The number of carboxylic acid groups (broad SMARTS) is 1. The van der Waals surface area contributed by atoms with Crippen molar-refractivity contribution in [2.24, 2.45) is 0 Å². The Hall–Kier alpha value is -2.86. The minimum atomic E-state index is -1.30. The van der Waals surface area contributed by atoms with Crippen LogP contribution in [0.25, 0.3) is 0 Å². The summed E-state index contributed by atoms with van der Waals surface area (Å²) in [5.74, 6) is -0.0556. The number of amides is 2. The zero-order chi connectivity index (χ0) is 20.0. The lowest BCUT2D eigenvalue weighted by Gasteiger charge is -2.40. The molecule has 2 aromatic rings. The van der Waals surface area contributed by atoms with Crippen LogP contribution in [-0.2, 0) is 10.4 Å². The fraction of sp³-hybridized carbons (Fsp3) is 0.364. The van der Waals surface area contributed by atoms with Crippen molar-refractivity contribution < 1.29 is 19.8 Å². The van der Waals surface area contributed by atoms with E-state index in [2.05, 4.69) is 5.32 Å². The number of rotatable bonds is 7. The van der Waals surface area contributed by atoms with E-state index >= 15 is 0 Å². The van der Waals surface area contributed by atoms with E-state index in [0.717, 1.165) is 17.5 Å². The fourth-order valence-corrected chi connectivity index (χ4v) is 4.01. The molecule has 1 atom stereocenters. The summed E-state index contributed by atoms with van der Waals surface area (Å²) in [6.45, 7) is 0.832. The second-order valence-corrected chi connectivity index (χ2v) is 7.08. The summed E-state index contributed by atoms with van der Waals surface area (Å²) in [4.78, 5) is 25.2. The van der Waals surface area contributed by atoms with Crippen molar-refractivity contribution in [2.45, 2.75) is 37.3 Å². The van der Waals surface area contributed by atoms with E-state index in [1.807, 2.05) is 60.7 Å². The normalized spacial score (nSPS) is 16.8. The Bertz CT molecular complexity index is 755. The first-order valence-electron chi connectivity index (χ1n) is 9.63. The lowest BCUT2D eigenvalue weighted by Crippen LogP contribution is -2.50. The first-order valence-corrected chi connectivity index (χ1v) is 9.63. The molecule has 3 N–H and O–H groups in total. The number of carbonyl (C=O) groups is 2. The molecule has 2 amide bonds. The van der Waals surface area contributed by atoms with E-state index in [4.69, 9.17) is 5.11 Å². The molecule has 6 nitrogen and oxygen atoms in total. The number of benzene rings is 2. The van der Waals surface area contributed by atoms with Gasteiger partial charge in [0, 0.05) is 19.5 Å². The predicted octanol–water partition coefficient (Wildman–Crippen LogP) is 2.96. The highest BCUT2D eigenvalue weighted by molar-refractivity contribution is 5.77. The maximum absolute atomic E-state index is 12.8. The highest BCUT2D eigenvalue weighted by Crippen LogP contribution is 2.40. The van der Waals surface area contributed by atoms with Crippen molar-refractivity contribution >= 4 is 12.0 Å². The van der Waals surface area contributed by atoms with E-state index in [1.54, 1.807) is 4.90 Å². The number of hydrogen-bond donors (Lipinski definition) is 3. The Morgan fingerprint density at radius 1 is 1.04 bits per heavy atom. The summed E-state index contributed by atoms with van der Waals surface area (Å²) in [5, 5.41) is 22.9. The molecule has 2 aromatic carbocycles. The van der Waals surface area contributed by atoms with Crippen LogP contribution in [0.3, 0.4) is 0 Å². The SMILES string of the molecule is O=C(O)NCCCC(=O)N1CCCC1C(O)(c1ccccc1)c1ccccc1. The maximum atomic E-state index is 12.8. The molecule has 0 spiro atoms. The van der Waals surface area contributed by atoms with Crippen LogP contribution in [0.5, 0.6) is 0 Å². The lowest BCUT2D eigenvalue weighted by molar-refractivity contribution is -0.136. The van der Waals surface area contributed by atoms with E-state index in [-0.39, 0.29) is 24.9 Å². The minimum absolute atomic E-state index is 0.0556. The van der Waals surface area contributed by atoms with Crippen molar-refractivity contribution in [1.82, 2.24) is 10.2 Å². The molecule has 3 rings (SSSR count). The molecule has 1 fully saturated rings. The molecule has 0 aromatic heterocycles. The summed E-state index contributed by atoms with van der Waals surface area (Å²) >= 11 is 0. The molecule has 28 heavy (non-hydrogen) atoms. The van der Waals surface area contributed by atoms with Crippen LogP contribution in [0, 0.1) is 0 Å². The van der Waals surface area contributed by atoms with Crippen molar-refractivity contribution in [3.05, 3.63) is 71.8 Å². The third-order valence-electron chi connectivity index (χ3n) is 5.33. The van der Waals surface area contributed by atoms with Gasteiger partial charge in [0.15, 0.2) is 0 Å². The largest absolute Gasteiger partial charge is 0.465 e. The summed E-state index contributed by atoms with van der Waals surface area (Å²) in [6, 6.07) is 18.6. The number of nitrogens with zero attached hydrogens (tertiary/aromatic N) is 1. The van der Waals surface area contributed by atoms with Gasteiger partial charge < -0.3 is 20.4 Å².